The Hall–Kier alpha value is -3.56. The van der Waals surface area contributed by atoms with Gasteiger partial charge in [0.1, 0.15) is 5.75 Å². The standard InChI is InChI=1S/C24H18BrNO4/c1-28-22-11-8-17(14-23(22)29-2)19(15-26)12-16-6-9-21(10-7-16)30-24(27)18-4-3-5-20(25)13-18/h3-14H,1-2H3/b19-12-. The molecule has 0 aliphatic heterocycles. The molecule has 0 unspecified atom stereocenters. The maximum absolute atomic E-state index is 12.3. The van der Waals surface area contributed by atoms with Gasteiger partial charge >= 0.3 is 5.97 Å². The molecule has 0 radical (unpaired) electrons. The van der Waals surface area contributed by atoms with Crippen molar-refractivity contribution in [3.8, 4) is 23.3 Å². The van der Waals surface area contributed by atoms with Crippen LogP contribution < -0.4 is 14.2 Å². The van der Waals surface area contributed by atoms with E-state index in [0.29, 0.717) is 33.9 Å². The summed E-state index contributed by atoms with van der Waals surface area (Å²) in [5, 5.41) is 9.59. The molecule has 0 N–H and O–H groups in total. The van der Waals surface area contributed by atoms with E-state index in [9.17, 15) is 10.1 Å². The number of nitrogens with zero attached hydrogens (tertiary/aromatic N) is 1. The van der Waals surface area contributed by atoms with Gasteiger partial charge in [-0.2, -0.15) is 5.26 Å². The molecule has 0 saturated carbocycles. The number of rotatable bonds is 6. The first kappa shape index (κ1) is 21.2. The summed E-state index contributed by atoms with van der Waals surface area (Å²) in [5.41, 5.74) is 2.42. The maximum atomic E-state index is 12.3. The Balaban J connectivity index is 1.79. The summed E-state index contributed by atoms with van der Waals surface area (Å²) in [6.45, 7) is 0. The molecule has 3 aromatic rings. The second-order valence-electron chi connectivity index (χ2n) is 6.21. The van der Waals surface area contributed by atoms with Crippen molar-refractivity contribution in [1.29, 1.82) is 5.26 Å². The van der Waals surface area contributed by atoms with Crippen LogP contribution in [0.25, 0.3) is 11.6 Å². The van der Waals surface area contributed by atoms with Crippen molar-refractivity contribution in [2.45, 2.75) is 0 Å². The van der Waals surface area contributed by atoms with Gasteiger partial charge in [0.05, 0.1) is 31.4 Å². The van der Waals surface area contributed by atoms with Crippen LogP contribution in [0.15, 0.2) is 71.2 Å². The third kappa shape index (κ3) is 5.07. The van der Waals surface area contributed by atoms with Gasteiger partial charge in [-0.05, 0) is 65.7 Å². The molecule has 0 bridgehead atoms. The average Bonchev–Trinajstić information content (AvgIpc) is 2.78. The Morgan fingerprint density at radius 3 is 2.30 bits per heavy atom. The Labute approximate surface area is 183 Å². The zero-order valence-electron chi connectivity index (χ0n) is 16.4. The van der Waals surface area contributed by atoms with Crippen LogP contribution in [0.5, 0.6) is 17.2 Å². The SMILES string of the molecule is COc1ccc(/C(C#N)=C\c2ccc(OC(=O)c3cccc(Br)c3)cc2)cc1OC. The van der Waals surface area contributed by atoms with E-state index in [1.54, 1.807) is 81.0 Å². The van der Waals surface area contributed by atoms with E-state index in [0.717, 1.165) is 10.0 Å². The molecule has 0 heterocycles. The van der Waals surface area contributed by atoms with E-state index in [1.165, 1.54) is 0 Å². The van der Waals surface area contributed by atoms with Crippen molar-refractivity contribution in [3.63, 3.8) is 0 Å². The molecule has 3 rings (SSSR count). The van der Waals surface area contributed by atoms with Crippen molar-refractivity contribution in [2.75, 3.05) is 14.2 Å². The number of esters is 1. The van der Waals surface area contributed by atoms with E-state index in [2.05, 4.69) is 22.0 Å². The molecule has 0 aliphatic carbocycles. The Kier molecular flexibility index (Phi) is 6.89. The highest BCUT2D eigenvalue weighted by Gasteiger charge is 2.10. The summed E-state index contributed by atoms with van der Waals surface area (Å²) in [7, 11) is 3.11. The van der Waals surface area contributed by atoms with E-state index < -0.39 is 5.97 Å². The van der Waals surface area contributed by atoms with E-state index in [1.807, 2.05) is 6.07 Å². The third-order valence-electron chi connectivity index (χ3n) is 4.28. The summed E-state index contributed by atoms with van der Waals surface area (Å²) in [5.74, 6) is 1.12. The molecule has 0 saturated heterocycles. The number of hydrogen-bond donors (Lipinski definition) is 0. The molecule has 150 valence electrons. The summed E-state index contributed by atoms with van der Waals surface area (Å²) < 4.78 is 16.7. The van der Waals surface area contributed by atoms with Crippen LogP contribution in [0.4, 0.5) is 0 Å². The molecule has 0 aromatic heterocycles. The van der Waals surface area contributed by atoms with Crippen LogP contribution in [0.1, 0.15) is 21.5 Å². The molecule has 0 amide bonds. The molecule has 0 aliphatic rings. The Bertz CT molecular complexity index is 1130. The lowest BCUT2D eigenvalue weighted by Gasteiger charge is -2.09. The monoisotopic (exact) mass is 463 g/mol. The number of allylic oxidation sites excluding steroid dienone is 1. The van der Waals surface area contributed by atoms with Crippen LogP contribution in [-0.2, 0) is 0 Å². The van der Waals surface area contributed by atoms with Crippen LogP contribution >= 0.6 is 15.9 Å². The number of hydrogen-bond acceptors (Lipinski definition) is 5. The fraction of sp³-hybridized carbons (Fsp3) is 0.0833. The summed E-state index contributed by atoms with van der Waals surface area (Å²) in [6.07, 6.45) is 1.75. The molecule has 6 heteroatoms. The van der Waals surface area contributed by atoms with Crippen molar-refractivity contribution in [1.82, 2.24) is 0 Å². The first-order chi connectivity index (χ1) is 14.5. The lowest BCUT2D eigenvalue weighted by molar-refractivity contribution is 0.0734. The van der Waals surface area contributed by atoms with Crippen molar-refractivity contribution in [2.24, 2.45) is 0 Å². The molecule has 3 aromatic carbocycles. The topological polar surface area (TPSA) is 68.5 Å². The second kappa shape index (κ2) is 9.77. The third-order valence-corrected chi connectivity index (χ3v) is 4.77. The lowest BCUT2D eigenvalue weighted by atomic mass is 10.0. The predicted molar refractivity (Wildman–Crippen MR) is 119 cm³/mol. The number of halogens is 1. The Morgan fingerprint density at radius 2 is 1.67 bits per heavy atom. The minimum Gasteiger partial charge on any atom is -0.493 e. The zero-order chi connectivity index (χ0) is 21.5. The maximum Gasteiger partial charge on any atom is 0.343 e. The van der Waals surface area contributed by atoms with Crippen LogP contribution in [-0.4, -0.2) is 20.2 Å². The van der Waals surface area contributed by atoms with Crippen molar-refractivity contribution < 1.29 is 19.0 Å². The summed E-state index contributed by atoms with van der Waals surface area (Å²) in [6, 6.07) is 21.4. The van der Waals surface area contributed by atoms with Gasteiger partial charge < -0.3 is 14.2 Å². The van der Waals surface area contributed by atoms with Gasteiger partial charge in [-0.1, -0.05) is 34.1 Å². The fourth-order valence-corrected chi connectivity index (χ4v) is 3.16. The summed E-state index contributed by atoms with van der Waals surface area (Å²) in [4.78, 5) is 12.3. The predicted octanol–water partition coefficient (Wildman–Crippen LogP) is 5.75. The molecule has 0 spiro atoms. The second-order valence-corrected chi connectivity index (χ2v) is 7.12. The number of carbonyl (C=O) groups excluding carboxylic acids is 1. The smallest absolute Gasteiger partial charge is 0.343 e. The normalized spacial score (nSPS) is 10.8. The number of benzene rings is 3. The van der Waals surface area contributed by atoms with Gasteiger partial charge in [-0.15, -0.1) is 0 Å². The molecular formula is C24H18BrNO4. The van der Waals surface area contributed by atoms with Gasteiger partial charge in [0.15, 0.2) is 11.5 Å². The number of ether oxygens (including phenoxy) is 3. The van der Waals surface area contributed by atoms with Crippen LogP contribution in [0, 0.1) is 11.3 Å². The highest BCUT2D eigenvalue weighted by molar-refractivity contribution is 9.10. The lowest BCUT2D eigenvalue weighted by Crippen LogP contribution is -2.08. The first-order valence-corrected chi connectivity index (χ1v) is 9.75. The van der Waals surface area contributed by atoms with Gasteiger partial charge in [0.25, 0.3) is 0 Å². The van der Waals surface area contributed by atoms with E-state index in [4.69, 9.17) is 14.2 Å². The number of carbonyl (C=O) groups is 1. The van der Waals surface area contributed by atoms with Crippen LogP contribution in [0.3, 0.4) is 0 Å². The number of methoxy groups -OCH3 is 2. The molecule has 5 nitrogen and oxygen atoms in total. The molecule has 0 atom stereocenters. The minimum absolute atomic E-state index is 0.418. The van der Waals surface area contributed by atoms with E-state index in [-0.39, 0.29) is 0 Å². The largest absolute Gasteiger partial charge is 0.493 e. The highest BCUT2D eigenvalue weighted by Crippen LogP contribution is 2.31. The van der Waals surface area contributed by atoms with Gasteiger partial charge in [-0.25, -0.2) is 4.79 Å². The summed E-state index contributed by atoms with van der Waals surface area (Å²) >= 11 is 3.34. The van der Waals surface area contributed by atoms with Crippen molar-refractivity contribution in [3.05, 3.63) is 87.9 Å². The molecular weight excluding hydrogens is 446 g/mol. The number of nitriles is 1. The van der Waals surface area contributed by atoms with Gasteiger partial charge in [-0.3, -0.25) is 0 Å². The fourth-order valence-electron chi connectivity index (χ4n) is 2.76. The Morgan fingerprint density at radius 1 is 0.933 bits per heavy atom. The van der Waals surface area contributed by atoms with Gasteiger partial charge in [0.2, 0.25) is 0 Å². The highest BCUT2D eigenvalue weighted by atomic mass is 79.9. The van der Waals surface area contributed by atoms with Crippen LogP contribution in [0.2, 0.25) is 0 Å². The zero-order valence-corrected chi connectivity index (χ0v) is 18.0. The van der Waals surface area contributed by atoms with Crippen molar-refractivity contribution >= 4 is 33.5 Å². The minimum atomic E-state index is -0.442. The van der Waals surface area contributed by atoms with Gasteiger partial charge in [0, 0.05) is 4.47 Å². The average molecular weight is 464 g/mol. The van der Waals surface area contributed by atoms with E-state index >= 15 is 0 Å². The first-order valence-electron chi connectivity index (χ1n) is 8.96. The molecule has 30 heavy (non-hydrogen) atoms. The quantitative estimate of drug-likeness (QED) is 0.201. The molecule has 0 fully saturated rings.